The van der Waals surface area contributed by atoms with E-state index in [0.717, 1.165) is 32.1 Å². The molecule has 7 unspecified atom stereocenters. The van der Waals surface area contributed by atoms with Crippen LogP contribution in [0.2, 0.25) is 0 Å². The van der Waals surface area contributed by atoms with Crippen LogP contribution in [-0.2, 0) is 38.1 Å². The highest BCUT2D eigenvalue weighted by Crippen LogP contribution is 2.59. The Morgan fingerprint density at radius 2 is 1.88 bits per heavy atom. The lowest BCUT2D eigenvalue weighted by molar-refractivity contribution is -0.177. The van der Waals surface area contributed by atoms with Crippen molar-refractivity contribution in [3.05, 3.63) is 0 Å². The number of halogens is 1. The summed E-state index contributed by atoms with van der Waals surface area (Å²) in [6, 6.07) is 0. The first-order valence-electron chi connectivity index (χ1n) is 11.6. The molecule has 0 N–H and O–H groups in total. The molecule has 32 heavy (non-hydrogen) atoms. The lowest BCUT2D eigenvalue weighted by Gasteiger charge is -2.34. The molecule has 0 aromatic rings. The molecule has 8 nitrogen and oxygen atoms in total. The zero-order valence-corrected chi connectivity index (χ0v) is 20.9. The Morgan fingerprint density at radius 1 is 1.19 bits per heavy atom. The number of ether oxygens (including phenoxy) is 4. The first kappa shape index (κ1) is 23.8. The second-order valence-corrected chi connectivity index (χ2v) is 12.1. The molecular formula is C23H31IO8. The number of fused-ring (bicyclic) bond motifs is 1. The van der Waals surface area contributed by atoms with E-state index in [1.165, 1.54) is 0 Å². The van der Waals surface area contributed by atoms with Gasteiger partial charge >= 0.3 is 23.9 Å². The normalized spacial score (nSPS) is 35.8. The number of esters is 4. The van der Waals surface area contributed by atoms with Crippen molar-refractivity contribution in [1.82, 2.24) is 0 Å². The van der Waals surface area contributed by atoms with Gasteiger partial charge in [0.1, 0.15) is 21.2 Å². The fraction of sp³-hybridized carbons (Fsp3) is 0.826. The number of hydrogen-bond acceptors (Lipinski definition) is 8. The summed E-state index contributed by atoms with van der Waals surface area (Å²) in [7, 11) is 0. The van der Waals surface area contributed by atoms with Gasteiger partial charge in [0.2, 0.25) is 0 Å². The fourth-order valence-electron chi connectivity index (χ4n) is 5.90. The second kappa shape index (κ2) is 8.76. The summed E-state index contributed by atoms with van der Waals surface area (Å²) in [4.78, 5) is 50.4. The smallest absolute Gasteiger partial charge is 0.344 e. The number of carbonyl (C=O) groups excluding carboxylic acids is 4. The van der Waals surface area contributed by atoms with Crippen LogP contribution >= 0.6 is 22.6 Å². The minimum absolute atomic E-state index is 0.149. The van der Waals surface area contributed by atoms with Gasteiger partial charge in [0.25, 0.3) is 0 Å². The second-order valence-electron chi connectivity index (χ2n) is 9.76. The van der Waals surface area contributed by atoms with Crippen molar-refractivity contribution in [2.75, 3.05) is 6.61 Å². The van der Waals surface area contributed by atoms with Crippen LogP contribution in [0.5, 0.6) is 0 Å². The maximum atomic E-state index is 13.2. The number of alkyl halides is 1. The zero-order valence-electron chi connectivity index (χ0n) is 18.8. The topological polar surface area (TPSA) is 105 Å². The van der Waals surface area contributed by atoms with Gasteiger partial charge < -0.3 is 18.9 Å². The lowest BCUT2D eigenvalue weighted by Crippen LogP contribution is -2.46. The number of rotatable bonds is 8. The minimum atomic E-state index is -0.719. The van der Waals surface area contributed by atoms with E-state index in [-0.39, 0.29) is 17.8 Å². The van der Waals surface area contributed by atoms with Gasteiger partial charge in [0, 0.05) is 11.8 Å². The molecule has 4 aliphatic rings. The fourth-order valence-corrected chi connectivity index (χ4v) is 6.06. The monoisotopic (exact) mass is 562 g/mol. The van der Waals surface area contributed by atoms with E-state index < -0.39 is 57.6 Å². The Labute approximate surface area is 201 Å². The quantitative estimate of drug-likeness (QED) is 0.192. The Morgan fingerprint density at radius 3 is 2.50 bits per heavy atom. The molecule has 0 aromatic heterocycles. The van der Waals surface area contributed by atoms with Gasteiger partial charge in [-0.1, -0.05) is 36.4 Å². The molecule has 1 aliphatic heterocycles. The number of hydrogen-bond donors (Lipinski definition) is 0. The molecule has 0 amide bonds. The van der Waals surface area contributed by atoms with Crippen LogP contribution in [0, 0.1) is 23.7 Å². The van der Waals surface area contributed by atoms with E-state index in [2.05, 4.69) is 0 Å². The average molecular weight is 562 g/mol. The molecule has 3 saturated carbocycles. The Hall–Kier alpha value is -1.39. The molecule has 7 atom stereocenters. The van der Waals surface area contributed by atoms with Gasteiger partial charge in [-0.2, -0.15) is 0 Å². The van der Waals surface area contributed by atoms with Crippen molar-refractivity contribution in [2.24, 2.45) is 23.7 Å². The van der Waals surface area contributed by atoms with Crippen molar-refractivity contribution >= 4 is 46.5 Å². The van der Waals surface area contributed by atoms with Crippen LogP contribution < -0.4 is 0 Å². The molecule has 178 valence electrons. The van der Waals surface area contributed by atoms with Crippen LogP contribution in [-0.4, -0.2) is 51.7 Å². The van der Waals surface area contributed by atoms with E-state index in [1.54, 1.807) is 6.92 Å². The predicted octanol–water partition coefficient (Wildman–Crippen LogP) is 3.12. The standard InChI is InChI=1S/C23H31IO8/c1-4-22(3,24)21(28)29-11-14(25)30-17-13-10-12-15(19(26)31-18(12)17)16(13)20(27)32-23(5-2)8-6-7-9-23/h12-13,15-18H,4-11H2,1-3H3. The SMILES string of the molecule is CCC1(OC(=O)C2C3CC4C(OC(=O)C42)C3OC(=O)COC(=O)C(C)(I)CC)CCCC1. The van der Waals surface area contributed by atoms with Crippen LogP contribution in [0.15, 0.2) is 0 Å². The molecule has 1 heterocycles. The third kappa shape index (κ3) is 4.03. The van der Waals surface area contributed by atoms with Crippen molar-refractivity contribution in [2.45, 2.75) is 86.9 Å². The summed E-state index contributed by atoms with van der Waals surface area (Å²) in [6.07, 6.45) is 4.36. The van der Waals surface area contributed by atoms with E-state index in [1.807, 2.05) is 36.4 Å². The van der Waals surface area contributed by atoms with Crippen LogP contribution in [0.25, 0.3) is 0 Å². The molecule has 0 radical (unpaired) electrons. The Bertz CT molecular complexity index is 802. The third-order valence-corrected chi connectivity index (χ3v) is 9.18. The van der Waals surface area contributed by atoms with Crippen LogP contribution in [0.4, 0.5) is 0 Å². The summed E-state index contributed by atoms with van der Waals surface area (Å²) < 4.78 is 21.5. The third-order valence-electron chi connectivity index (χ3n) is 7.97. The number of carbonyl (C=O) groups is 4. The van der Waals surface area contributed by atoms with Gasteiger partial charge in [-0.15, -0.1) is 0 Å². The summed E-state index contributed by atoms with van der Waals surface area (Å²) in [5.74, 6) is -3.63. The van der Waals surface area contributed by atoms with Gasteiger partial charge in [0.15, 0.2) is 6.61 Å². The average Bonchev–Trinajstić information content (AvgIpc) is 3.50. The molecule has 1 saturated heterocycles. The minimum Gasteiger partial charge on any atom is -0.459 e. The van der Waals surface area contributed by atoms with Gasteiger partial charge in [0.05, 0.1) is 11.8 Å². The van der Waals surface area contributed by atoms with E-state index in [4.69, 9.17) is 18.9 Å². The van der Waals surface area contributed by atoms with Gasteiger partial charge in [-0.05, 0) is 51.9 Å². The molecule has 4 rings (SSSR count). The first-order valence-corrected chi connectivity index (χ1v) is 12.7. The lowest BCUT2D eigenvalue weighted by atomic mass is 9.78. The Kier molecular flexibility index (Phi) is 6.50. The zero-order chi connectivity index (χ0) is 23.3. The Balaban J connectivity index is 1.42. The summed E-state index contributed by atoms with van der Waals surface area (Å²) in [5, 5.41) is 0. The van der Waals surface area contributed by atoms with Crippen LogP contribution in [0.1, 0.15) is 65.7 Å². The highest BCUT2D eigenvalue weighted by atomic mass is 127. The molecule has 2 bridgehead atoms. The van der Waals surface area contributed by atoms with E-state index in [9.17, 15) is 19.2 Å². The molecule has 0 spiro atoms. The molecular weight excluding hydrogens is 531 g/mol. The van der Waals surface area contributed by atoms with Crippen molar-refractivity contribution in [1.29, 1.82) is 0 Å². The van der Waals surface area contributed by atoms with Crippen molar-refractivity contribution in [3.63, 3.8) is 0 Å². The summed E-state index contributed by atoms with van der Waals surface area (Å²) in [6.45, 7) is 5.10. The molecule has 4 fully saturated rings. The molecule has 3 aliphatic carbocycles. The predicted molar refractivity (Wildman–Crippen MR) is 120 cm³/mol. The molecule has 0 aromatic carbocycles. The van der Waals surface area contributed by atoms with Crippen molar-refractivity contribution < 1.29 is 38.1 Å². The largest absolute Gasteiger partial charge is 0.459 e. The van der Waals surface area contributed by atoms with Gasteiger partial charge in [-0.3, -0.25) is 14.4 Å². The first-order chi connectivity index (χ1) is 15.1. The highest BCUT2D eigenvalue weighted by Gasteiger charge is 2.70. The van der Waals surface area contributed by atoms with Gasteiger partial charge in [-0.25, -0.2) is 4.79 Å². The van der Waals surface area contributed by atoms with E-state index in [0.29, 0.717) is 12.8 Å². The van der Waals surface area contributed by atoms with Crippen LogP contribution in [0.3, 0.4) is 0 Å². The van der Waals surface area contributed by atoms with Crippen molar-refractivity contribution in [3.8, 4) is 0 Å². The maximum Gasteiger partial charge on any atom is 0.344 e. The summed E-state index contributed by atoms with van der Waals surface area (Å²) in [5.41, 5.74) is -0.452. The highest BCUT2D eigenvalue weighted by molar-refractivity contribution is 14.1. The molecule has 9 heteroatoms. The van der Waals surface area contributed by atoms with E-state index >= 15 is 0 Å². The maximum absolute atomic E-state index is 13.2. The summed E-state index contributed by atoms with van der Waals surface area (Å²) >= 11 is 1.99.